The molecule has 0 fully saturated rings. The first-order valence-corrected chi connectivity index (χ1v) is 7.04. The smallest absolute Gasteiger partial charge is 0.255 e. The van der Waals surface area contributed by atoms with Crippen LogP contribution in [-0.2, 0) is 0 Å². The van der Waals surface area contributed by atoms with Gasteiger partial charge in [0.05, 0.1) is 5.56 Å². The molecular weight excluding hydrogens is 292 g/mol. The zero-order valence-corrected chi connectivity index (χ0v) is 12.9. The lowest BCUT2D eigenvalue weighted by Gasteiger charge is -2.24. The number of amides is 1. The Balaban J connectivity index is 2.79. The highest BCUT2D eigenvalue weighted by Crippen LogP contribution is 2.18. The number of likely N-dealkylation sites (N-methyl/N-ethyl adjacent to an activating group) is 1. The van der Waals surface area contributed by atoms with Crippen molar-refractivity contribution >= 4 is 21.8 Å². The molecule has 100 valence electrons. The first-order chi connectivity index (χ1) is 8.56. The summed E-state index contributed by atoms with van der Waals surface area (Å²) in [6.07, 6.45) is 0.976. The molecule has 0 N–H and O–H groups in total. The Morgan fingerprint density at radius 2 is 1.83 bits per heavy atom. The average molecular weight is 313 g/mol. The van der Waals surface area contributed by atoms with E-state index in [2.05, 4.69) is 27.8 Å². The Kier molecular flexibility index (Phi) is 6.36. The molecule has 1 rings (SSSR count). The van der Waals surface area contributed by atoms with Crippen molar-refractivity contribution in [3.05, 3.63) is 34.3 Å². The number of nitrogens with zero attached hydrogens (tertiary/aromatic N) is 2. The Morgan fingerprint density at radius 1 is 1.17 bits per heavy atom. The standard InChI is InChI=1S/C14H21BrN2O/c1-4-9-17(11-10-16(2)3)14(18)12-7-5-6-8-13(12)15/h5-8H,4,9-11H2,1-3H3. The summed E-state index contributed by atoms with van der Waals surface area (Å²) in [5.41, 5.74) is 0.740. The van der Waals surface area contributed by atoms with Crippen LogP contribution in [0.15, 0.2) is 28.7 Å². The summed E-state index contributed by atoms with van der Waals surface area (Å²) >= 11 is 3.44. The molecular formula is C14H21BrN2O. The second kappa shape index (κ2) is 7.54. The molecule has 0 radical (unpaired) electrons. The summed E-state index contributed by atoms with van der Waals surface area (Å²) in [7, 11) is 4.04. The van der Waals surface area contributed by atoms with Crippen LogP contribution in [0.1, 0.15) is 23.7 Å². The maximum absolute atomic E-state index is 12.4. The number of hydrogen-bond donors (Lipinski definition) is 0. The predicted molar refractivity (Wildman–Crippen MR) is 78.9 cm³/mol. The molecule has 3 nitrogen and oxygen atoms in total. The van der Waals surface area contributed by atoms with Crippen molar-refractivity contribution in [1.29, 1.82) is 0 Å². The van der Waals surface area contributed by atoms with Gasteiger partial charge < -0.3 is 9.80 Å². The fourth-order valence-corrected chi connectivity index (χ4v) is 2.16. The summed E-state index contributed by atoms with van der Waals surface area (Å²) in [5.74, 6) is 0.103. The number of carbonyl (C=O) groups is 1. The second-order valence-electron chi connectivity index (χ2n) is 4.58. The largest absolute Gasteiger partial charge is 0.337 e. The van der Waals surface area contributed by atoms with Crippen molar-refractivity contribution in [1.82, 2.24) is 9.80 Å². The molecule has 0 aliphatic carbocycles. The van der Waals surface area contributed by atoms with Crippen LogP contribution in [0.5, 0.6) is 0 Å². The highest BCUT2D eigenvalue weighted by molar-refractivity contribution is 9.10. The van der Waals surface area contributed by atoms with Crippen molar-refractivity contribution < 1.29 is 4.79 Å². The minimum atomic E-state index is 0.103. The third kappa shape index (κ3) is 4.42. The molecule has 1 aromatic carbocycles. The van der Waals surface area contributed by atoms with E-state index < -0.39 is 0 Å². The minimum Gasteiger partial charge on any atom is -0.337 e. The van der Waals surface area contributed by atoms with Crippen molar-refractivity contribution in [2.24, 2.45) is 0 Å². The summed E-state index contributed by atoms with van der Waals surface area (Å²) in [5, 5.41) is 0. The monoisotopic (exact) mass is 312 g/mol. The van der Waals surface area contributed by atoms with Crippen LogP contribution in [0.2, 0.25) is 0 Å². The highest BCUT2D eigenvalue weighted by Gasteiger charge is 2.16. The van der Waals surface area contributed by atoms with Crippen LogP contribution >= 0.6 is 15.9 Å². The van der Waals surface area contributed by atoms with Gasteiger partial charge in [-0.25, -0.2) is 0 Å². The van der Waals surface area contributed by atoms with E-state index >= 15 is 0 Å². The van der Waals surface area contributed by atoms with Crippen molar-refractivity contribution in [3.8, 4) is 0 Å². The normalized spacial score (nSPS) is 10.7. The Hall–Kier alpha value is -0.870. The maximum atomic E-state index is 12.4. The molecule has 4 heteroatoms. The van der Waals surface area contributed by atoms with Gasteiger partial charge in [-0.1, -0.05) is 19.1 Å². The lowest BCUT2D eigenvalue weighted by atomic mass is 10.2. The van der Waals surface area contributed by atoms with Gasteiger partial charge in [-0.05, 0) is 48.6 Å². The fourth-order valence-electron chi connectivity index (χ4n) is 1.71. The van der Waals surface area contributed by atoms with Crippen molar-refractivity contribution in [2.45, 2.75) is 13.3 Å². The van der Waals surface area contributed by atoms with E-state index in [1.807, 2.05) is 43.3 Å². The van der Waals surface area contributed by atoms with Crippen LogP contribution in [0, 0.1) is 0 Å². The predicted octanol–water partition coefficient (Wildman–Crippen LogP) is 2.86. The van der Waals surface area contributed by atoms with E-state index in [1.165, 1.54) is 0 Å². The molecule has 1 amide bonds. The summed E-state index contributed by atoms with van der Waals surface area (Å²) in [6, 6.07) is 7.59. The van der Waals surface area contributed by atoms with Gasteiger partial charge in [0.2, 0.25) is 0 Å². The number of benzene rings is 1. The van der Waals surface area contributed by atoms with E-state index in [0.717, 1.165) is 36.1 Å². The first-order valence-electron chi connectivity index (χ1n) is 6.24. The quantitative estimate of drug-likeness (QED) is 0.806. The lowest BCUT2D eigenvalue weighted by Crippen LogP contribution is -2.37. The molecule has 0 saturated carbocycles. The topological polar surface area (TPSA) is 23.6 Å². The average Bonchev–Trinajstić information content (AvgIpc) is 2.34. The first kappa shape index (κ1) is 15.2. The fraction of sp³-hybridized carbons (Fsp3) is 0.500. The zero-order valence-electron chi connectivity index (χ0n) is 11.3. The molecule has 0 saturated heterocycles. The van der Waals surface area contributed by atoms with E-state index in [9.17, 15) is 4.79 Å². The molecule has 0 spiro atoms. The van der Waals surface area contributed by atoms with Gasteiger partial charge in [0.25, 0.3) is 5.91 Å². The van der Waals surface area contributed by atoms with Crippen molar-refractivity contribution in [3.63, 3.8) is 0 Å². The van der Waals surface area contributed by atoms with E-state index in [0.29, 0.717) is 0 Å². The van der Waals surface area contributed by atoms with Crippen LogP contribution in [0.25, 0.3) is 0 Å². The van der Waals surface area contributed by atoms with Crippen LogP contribution in [-0.4, -0.2) is 49.4 Å². The number of rotatable bonds is 6. The zero-order chi connectivity index (χ0) is 13.5. The van der Waals surface area contributed by atoms with Gasteiger partial charge in [0.1, 0.15) is 0 Å². The SMILES string of the molecule is CCCN(CCN(C)C)C(=O)c1ccccc1Br. The molecule has 0 atom stereocenters. The molecule has 0 heterocycles. The van der Waals surface area contributed by atoms with Crippen LogP contribution in [0.3, 0.4) is 0 Å². The van der Waals surface area contributed by atoms with Crippen molar-refractivity contribution in [2.75, 3.05) is 33.7 Å². The van der Waals surface area contributed by atoms with E-state index in [1.54, 1.807) is 0 Å². The Labute approximate surface area is 118 Å². The molecule has 0 unspecified atom stereocenters. The van der Waals surface area contributed by atoms with Gasteiger partial charge >= 0.3 is 0 Å². The van der Waals surface area contributed by atoms with Gasteiger partial charge in [0.15, 0.2) is 0 Å². The highest BCUT2D eigenvalue weighted by atomic mass is 79.9. The molecule has 18 heavy (non-hydrogen) atoms. The van der Waals surface area contributed by atoms with Gasteiger partial charge in [-0.15, -0.1) is 0 Å². The number of carbonyl (C=O) groups excluding carboxylic acids is 1. The molecule has 1 aromatic rings. The van der Waals surface area contributed by atoms with Gasteiger partial charge in [-0.3, -0.25) is 4.79 Å². The minimum absolute atomic E-state index is 0.103. The molecule has 0 aliphatic rings. The van der Waals surface area contributed by atoms with Crippen LogP contribution < -0.4 is 0 Å². The molecule has 0 bridgehead atoms. The van der Waals surface area contributed by atoms with E-state index in [4.69, 9.17) is 0 Å². The lowest BCUT2D eigenvalue weighted by molar-refractivity contribution is 0.0744. The molecule has 0 aliphatic heterocycles. The summed E-state index contributed by atoms with van der Waals surface area (Å²) in [4.78, 5) is 16.5. The third-order valence-corrected chi connectivity index (χ3v) is 3.39. The van der Waals surface area contributed by atoms with Gasteiger partial charge in [0, 0.05) is 24.1 Å². The van der Waals surface area contributed by atoms with Gasteiger partial charge in [-0.2, -0.15) is 0 Å². The van der Waals surface area contributed by atoms with E-state index in [-0.39, 0.29) is 5.91 Å². The number of hydrogen-bond acceptors (Lipinski definition) is 2. The maximum Gasteiger partial charge on any atom is 0.255 e. The second-order valence-corrected chi connectivity index (χ2v) is 5.43. The Morgan fingerprint density at radius 3 is 2.39 bits per heavy atom. The third-order valence-electron chi connectivity index (χ3n) is 2.70. The number of halogens is 1. The Bertz CT molecular complexity index is 393. The summed E-state index contributed by atoms with van der Waals surface area (Å²) in [6.45, 7) is 4.54. The summed E-state index contributed by atoms with van der Waals surface area (Å²) < 4.78 is 0.862. The molecule has 0 aromatic heterocycles. The van der Waals surface area contributed by atoms with Crippen LogP contribution in [0.4, 0.5) is 0 Å².